The summed E-state index contributed by atoms with van der Waals surface area (Å²) in [6.45, 7) is 8.78. The molecule has 116 valence electrons. The summed E-state index contributed by atoms with van der Waals surface area (Å²) in [6.07, 6.45) is 0. The summed E-state index contributed by atoms with van der Waals surface area (Å²) in [4.78, 5) is 7.70. The summed E-state index contributed by atoms with van der Waals surface area (Å²) >= 11 is 5.07. The standard InChI is InChI=1S/C16H26N4S/c1-13-12-14(4-5-15(13)16(17)21)20-10-8-19(9-11-20)7-6-18(2)3/h4-5,12H,6-11H2,1-3H3,(H2,17,21). The molecule has 0 unspecified atom stereocenters. The van der Waals surface area contributed by atoms with Gasteiger partial charge in [-0.25, -0.2) is 0 Å². The van der Waals surface area contributed by atoms with E-state index in [9.17, 15) is 0 Å². The fraction of sp³-hybridized carbons (Fsp3) is 0.562. The number of anilines is 1. The minimum atomic E-state index is 0.479. The molecule has 5 heteroatoms. The van der Waals surface area contributed by atoms with Gasteiger partial charge in [0.1, 0.15) is 4.99 Å². The summed E-state index contributed by atoms with van der Waals surface area (Å²) in [7, 11) is 4.25. The Bertz CT molecular complexity index is 493. The van der Waals surface area contributed by atoms with Crippen molar-refractivity contribution in [2.45, 2.75) is 6.92 Å². The lowest BCUT2D eigenvalue weighted by molar-refractivity contribution is 0.229. The molecule has 1 saturated heterocycles. The van der Waals surface area contributed by atoms with Crippen molar-refractivity contribution < 1.29 is 0 Å². The van der Waals surface area contributed by atoms with Crippen LogP contribution in [0.1, 0.15) is 11.1 Å². The van der Waals surface area contributed by atoms with Crippen LogP contribution in [0, 0.1) is 6.92 Å². The second-order valence-electron chi connectivity index (χ2n) is 6.00. The van der Waals surface area contributed by atoms with Gasteiger partial charge in [-0.1, -0.05) is 12.2 Å². The summed E-state index contributed by atoms with van der Waals surface area (Å²) in [6, 6.07) is 6.38. The van der Waals surface area contributed by atoms with Crippen LogP contribution in [0.5, 0.6) is 0 Å². The van der Waals surface area contributed by atoms with Crippen molar-refractivity contribution >= 4 is 22.9 Å². The molecule has 0 atom stereocenters. The summed E-state index contributed by atoms with van der Waals surface area (Å²) < 4.78 is 0. The first kappa shape index (κ1) is 16.2. The van der Waals surface area contributed by atoms with E-state index in [-0.39, 0.29) is 0 Å². The minimum absolute atomic E-state index is 0.479. The van der Waals surface area contributed by atoms with Gasteiger partial charge in [-0.15, -0.1) is 0 Å². The van der Waals surface area contributed by atoms with Crippen LogP contribution in [-0.4, -0.2) is 68.2 Å². The Kier molecular flexibility index (Phi) is 5.56. The van der Waals surface area contributed by atoms with E-state index < -0.39 is 0 Å². The highest BCUT2D eigenvalue weighted by atomic mass is 32.1. The summed E-state index contributed by atoms with van der Waals surface area (Å²) in [5.41, 5.74) is 9.15. The molecular weight excluding hydrogens is 280 g/mol. The maximum atomic E-state index is 5.73. The van der Waals surface area contributed by atoms with E-state index in [2.05, 4.69) is 47.9 Å². The van der Waals surface area contributed by atoms with Gasteiger partial charge in [0.2, 0.25) is 0 Å². The van der Waals surface area contributed by atoms with E-state index in [1.807, 2.05) is 6.07 Å². The molecule has 2 N–H and O–H groups in total. The van der Waals surface area contributed by atoms with Crippen molar-refractivity contribution in [1.82, 2.24) is 9.80 Å². The average molecular weight is 306 g/mol. The van der Waals surface area contributed by atoms with Crippen LogP contribution in [0.2, 0.25) is 0 Å². The number of nitrogens with zero attached hydrogens (tertiary/aromatic N) is 3. The maximum absolute atomic E-state index is 5.73. The quantitative estimate of drug-likeness (QED) is 0.830. The van der Waals surface area contributed by atoms with Crippen LogP contribution >= 0.6 is 12.2 Å². The molecular formula is C16H26N4S. The van der Waals surface area contributed by atoms with Gasteiger partial charge in [0, 0.05) is 50.5 Å². The van der Waals surface area contributed by atoms with Gasteiger partial charge in [-0.05, 0) is 44.8 Å². The zero-order valence-corrected chi connectivity index (χ0v) is 14.1. The first-order chi connectivity index (χ1) is 9.97. The molecule has 0 radical (unpaired) electrons. The molecule has 1 aliphatic rings. The SMILES string of the molecule is Cc1cc(N2CCN(CCN(C)C)CC2)ccc1C(N)=S. The van der Waals surface area contributed by atoms with Crippen LogP contribution in [-0.2, 0) is 0 Å². The number of nitrogens with two attached hydrogens (primary N) is 1. The lowest BCUT2D eigenvalue weighted by atomic mass is 10.1. The zero-order valence-electron chi connectivity index (χ0n) is 13.3. The first-order valence-electron chi connectivity index (χ1n) is 7.50. The smallest absolute Gasteiger partial charge is 0.104 e. The molecule has 0 spiro atoms. The molecule has 1 heterocycles. The largest absolute Gasteiger partial charge is 0.389 e. The molecule has 1 fully saturated rings. The zero-order chi connectivity index (χ0) is 15.4. The molecule has 0 bridgehead atoms. The Morgan fingerprint density at radius 2 is 1.90 bits per heavy atom. The number of benzene rings is 1. The highest BCUT2D eigenvalue weighted by molar-refractivity contribution is 7.80. The number of aryl methyl sites for hydroxylation is 1. The Labute approximate surface area is 133 Å². The monoisotopic (exact) mass is 306 g/mol. The number of piperazine rings is 1. The number of hydrogen-bond acceptors (Lipinski definition) is 4. The van der Waals surface area contributed by atoms with Gasteiger partial charge in [-0.2, -0.15) is 0 Å². The van der Waals surface area contributed by atoms with Crippen LogP contribution in [0.25, 0.3) is 0 Å². The van der Waals surface area contributed by atoms with E-state index >= 15 is 0 Å². The van der Waals surface area contributed by atoms with Crippen LogP contribution < -0.4 is 10.6 Å². The van der Waals surface area contributed by atoms with Crippen LogP contribution in [0.15, 0.2) is 18.2 Å². The lowest BCUT2D eigenvalue weighted by Crippen LogP contribution is -2.48. The van der Waals surface area contributed by atoms with Crippen LogP contribution in [0.3, 0.4) is 0 Å². The van der Waals surface area contributed by atoms with Crippen LogP contribution in [0.4, 0.5) is 5.69 Å². The number of rotatable bonds is 5. The van der Waals surface area contributed by atoms with Gasteiger partial charge < -0.3 is 15.5 Å². The Balaban J connectivity index is 1.93. The lowest BCUT2D eigenvalue weighted by Gasteiger charge is -2.36. The second-order valence-corrected chi connectivity index (χ2v) is 6.44. The molecule has 1 aromatic rings. The predicted octanol–water partition coefficient (Wildman–Crippen LogP) is 1.31. The first-order valence-corrected chi connectivity index (χ1v) is 7.90. The molecule has 0 saturated carbocycles. The van der Waals surface area contributed by atoms with Crippen molar-refractivity contribution in [3.05, 3.63) is 29.3 Å². The van der Waals surface area contributed by atoms with Gasteiger partial charge in [0.25, 0.3) is 0 Å². The van der Waals surface area contributed by atoms with Crippen molar-refractivity contribution in [1.29, 1.82) is 0 Å². The topological polar surface area (TPSA) is 35.7 Å². The molecule has 1 aromatic carbocycles. The third kappa shape index (κ3) is 4.40. The Morgan fingerprint density at radius 3 is 2.43 bits per heavy atom. The number of likely N-dealkylation sites (N-methyl/N-ethyl adjacent to an activating group) is 1. The normalized spacial score (nSPS) is 16.5. The highest BCUT2D eigenvalue weighted by Crippen LogP contribution is 2.20. The van der Waals surface area contributed by atoms with E-state index in [4.69, 9.17) is 18.0 Å². The second kappa shape index (κ2) is 7.20. The van der Waals surface area contributed by atoms with Crippen molar-refractivity contribution in [3.8, 4) is 0 Å². The van der Waals surface area contributed by atoms with E-state index in [0.29, 0.717) is 4.99 Å². The summed E-state index contributed by atoms with van der Waals surface area (Å²) in [5.74, 6) is 0. The van der Waals surface area contributed by atoms with Gasteiger partial charge >= 0.3 is 0 Å². The van der Waals surface area contributed by atoms with Gasteiger partial charge in [0.15, 0.2) is 0 Å². The van der Waals surface area contributed by atoms with Gasteiger partial charge in [0.05, 0.1) is 0 Å². The summed E-state index contributed by atoms with van der Waals surface area (Å²) in [5, 5.41) is 0. The van der Waals surface area contributed by atoms with Crippen molar-refractivity contribution in [2.24, 2.45) is 5.73 Å². The minimum Gasteiger partial charge on any atom is -0.389 e. The highest BCUT2D eigenvalue weighted by Gasteiger charge is 2.17. The molecule has 1 aliphatic heterocycles. The fourth-order valence-electron chi connectivity index (χ4n) is 2.69. The van der Waals surface area contributed by atoms with Gasteiger partial charge in [-0.3, -0.25) is 4.90 Å². The van der Waals surface area contributed by atoms with Crippen molar-refractivity contribution in [3.63, 3.8) is 0 Å². The molecule has 21 heavy (non-hydrogen) atoms. The Morgan fingerprint density at radius 1 is 1.24 bits per heavy atom. The maximum Gasteiger partial charge on any atom is 0.104 e. The fourth-order valence-corrected chi connectivity index (χ4v) is 2.92. The number of thiocarbonyl (C=S) groups is 1. The molecule has 0 aliphatic carbocycles. The average Bonchev–Trinajstić information content (AvgIpc) is 2.45. The number of hydrogen-bond donors (Lipinski definition) is 1. The molecule has 0 amide bonds. The predicted molar refractivity (Wildman–Crippen MR) is 94.3 cm³/mol. The van der Waals surface area contributed by atoms with E-state index in [1.165, 1.54) is 5.69 Å². The molecule has 4 nitrogen and oxygen atoms in total. The third-order valence-electron chi connectivity index (χ3n) is 4.08. The van der Waals surface area contributed by atoms with E-state index in [0.717, 1.165) is 50.4 Å². The van der Waals surface area contributed by atoms with Crippen molar-refractivity contribution in [2.75, 3.05) is 58.3 Å². The molecule has 0 aromatic heterocycles. The molecule has 2 rings (SSSR count). The Hall–Kier alpha value is -1.17. The van der Waals surface area contributed by atoms with E-state index in [1.54, 1.807) is 0 Å². The third-order valence-corrected chi connectivity index (χ3v) is 4.30.